The monoisotopic (exact) mass is 223 g/mol. The Balaban J connectivity index is 2.30. The summed E-state index contributed by atoms with van der Waals surface area (Å²) in [5.74, 6) is 0. The second kappa shape index (κ2) is 3.87. The zero-order chi connectivity index (χ0) is 11.7. The van der Waals surface area contributed by atoms with Crippen molar-refractivity contribution in [3.05, 3.63) is 71.0 Å². The third-order valence-corrected chi connectivity index (χ3v) is 2.71. The lowest BCUT2D eigenvalue weighted by atomic mass is 10.1. The van der Waals surface area contributed by atoms with Gasteiger partial charge in [-0.3, -0.25) is 4.79 Å². The number of nitrogens with zero attached hydrogens (tertiary/aromatic N) is 1. The molecule has 0 unspecified atom stereocenters. The number of aromatic nitrogens is 2. The van der Waals surface area contributed by atoms with Gasteiger partial charge < -0.3 is 0 Å². The van der Waals surface area contributed by atoms with Gasteiger partial charge in [0.25, 0.3) is 10.9 Å². The summed E-state index contributed by atoms with van der Waals surface area (Å²) in [5.41, 5.74) is 2.48. The van der Waals surface area contributed by atoms with Crippen LogP contribution < -0.4 is 9.94 Å². The summed E-state index contributed by atoms with van der Waals surface area (Å²) in [4.78, 5) is 11.9. The van der Waals surface area contributed by atoms with Gasteiger partial charge in [-0.1, -0.05) is 34.8 Å². The van der Waals surface area contributed by atoms with E-state index in [1.807, 2.05) is 48.7 Å². The van der Waals surface area contributed by atoms with E-state index in [0.29, 0.717) is 5.52 Å². The van der Waals surface area contributed by atoms with Crippen LogP contribution >= 0.6 is 0 Å². The average molecular weight is 223 g/mol. The molecular formula is C14H11N2O+. The minimum absolute atomic E-state index is 0.0169. The Hall–Kier alpha value is -2.42. The van der Waals surface area contributed by atoms with E-state index < -0.39 is 0 Å². The second-order valence-electron chi connectivity index (χ2n) is 3.86. The maximum Gasteiger partial charge on any atom is 0.282 e. The van der Waals surface area contributed by atoms with Crippen molar-refractivity contribution in [2.45, 2.75) is 0 Å². The van der Waals surface area contributed by atoms with E-state index in [2.05, 4.69) is 5.10 Å². The van der Waals surface area contributed by atoms with Gasteiger partial charge >= 0.3 is 0 Å². The Kier molecular flexibility index (Phi) is 2.22. The van der Waals surface area contributed by atoms with Gasteiger partial charge in [0.15, 0.2) is 0 Å². The molecule has 3 nitrogen and oxygen atoms in total. The molecular weight excluding hydrogens is 212 g/mol. The van der Waals surface area contributed by atoms with Crippen LogP contribution in [0.4, 0.5) is 0 Å². The van der Waals surface area contributed by atoms with Crippen LogP contribution in [0.15, 0.2) is 65.6 Å². The summed E-state index contributed by atoms with van der Waals surface area (Å²) in [6.07, 6.45) is 1.84. The van der Waals surface area contributed by atoms with Gasteiger partial charge in [0.2, 0.25) is 6.20 Å². The first-order chi connectivity index (χ1) is 8.34. The van der Waals surface area contributed by atoms with E-state index in [9.17, 15) is 4.79 Å². The summed E-state index contributed by atoms with van der Waals surface area (Å²) >= 11 is 0. The van der Waals surface area contributed by atoms with E-state index in [0.717, 1.165) is 11.3 Å². The molecule has 1 N–H and O–H groups in total. The van der Waals surface area contributed by atoms with Gasteiger partial charge in [-0.15, -0.1) is 0 Å². The molecule has 0 amide bonds. The Morgan fingerprint density at radius 2 is 1.71 bits per heavy atom. The molecule has 82 valence electrons. The van der Waals surface area contributed by atoms with Crippen molar-refractivity contribution in [1.82, 2.24) is 5.10 Å². The fraction of sp³-hybridized carbons (Fsp3) is 0. The first-order valence-corrected chi connectivity index (χ1v) is 5.44. The predicted octanol–water partition coefficient (Wildman–Crippen LogP) is 1.78. The van der Waals surface area contributed by atoms with Crippen molar-refractivity contribution in [1.29, 1.82) is 0 Å². The standard InChI is InChI=1S/C14H10N2O/c17-14-10-12(11-6-2-1-3-7-11)15-16-9-5-4-8-13(14)16/h1-10H/p+1. The van der Waals surface area contributed by atoms with Gasteiger partial charge in [0, 0.05) is 23.8 Å². The Bertz CT molecular complexity index is 717. The van der Waals surface area contributed by atoms with Gasteiger partial charge in [-0.25, -0.2) is 0 Å². The highest BCUT2D eigenvalue weighted by Gasteiger charge is 2.09. The minimum atomic E-state index is 0.0169. The second-order valence-corrected chi connectivity index (χ2v) is 3.86. The van der Waals surface area contributed by atoms with Crippen molar-refractivity contribution in [2.24, 2.45) is 0 Å². The zero-order valence-electron chi connectivity index (χ0n) is 9.13. The predicted molar refractivity (Wildman–Crippen MR) is 65.7 cm³/mol. The molecule has 2 aromatic heterocycles. The van der Waals surface area contributed by atoms with Crippen LogP contribution in [0.5, 0.6) is 0 Å². The van der Waals surface area contributed by atoms with E-state index in [1.165, 1.54) is 0 Å². The fourth-order valence-electron chi connectivity index (χ4n) is 1.87. The third-order valence-electron chi connectivity index (χ3n) is 2.71. The summed E-state index contributed by atoms with van der Waals surface area (Å²) in [6, 6.07) is 17.0. The first kappa shape index (κ1) is 9.78. The summed E-state index contributed by atoms with van der Waals surface area (Å²) in [7, 11) is 0. The van der Waals surface area contributed by atoms with E-state index in [4.69, 9.17) is 0 Å². The highest BCUT2D eigenvalue weighted by atomic mass is 16.1. The van der Waals surface area contributed by atoms with Crippen LogP contribution in [0.25, 0.3) is 16.8 Å². The lowest BCUT2D eigenvalue weighted by Gasteiger charge is -1.98. The van der Waals surface area contributed by atoms with Crippen molar-refractivity contribution in [2.75, 3.05) is 0 Å². The SMILES string of the molecule is O=c1cc(-c2ccccc2)[nH][n+]2ccccc12. The maximum absolute atomic E-state index is 11.9. The van der Waals surface area contributed by atoms with Crippen molar-refractivity contribution < 1.29 is 4.52 Å². The van der Waals surface area contributed by atoms with Crippen LogP contribution in [-0.4, -0.2) is 5.10 Å². The fourth-order valence-corrected chi connectivity index (χ4v) is 1.87. The van der Waals surface area contributed by atoms with E-state index in [1.54, 1.807) is 16.6 Å². The molecule has 0 saturated heterocycles. The summed E-state index contributed by atoms with van der Waals surface area (Å²) < 4.78 is 1.74. The number of aromatic amines is 1. The molecule has 17 heavy (non-hydrogen) atoms. The number of hydrogen-bond donors (Lipinski definition) is 1. The molecule has 0 bridgehead atoms. The normalized spacial score (nSPS) is 10.6. The summed E-state index contributed by atoms with van der Waals surface area (Å²) in [5, 5.41) is 3.20. The van der Waals surface area contributed by atoms with Gasteiger partial charge in [-0.2, -0.15) is 5.10 Å². The molecule has 3 rings (SSSR count). The van der Waals surface area contributed by atoms with Crippen LogP contribution in [0, 0.1) is 0 Å². The van der Waals surface area contributed by atoms with Crippen molar-refractivity contribution >= 4 is 5.52 Å². The van der Waals surface area contributed by atoms with Crippen LogP contribution in [0.3, 0.4) is 0 Å². The zero-order valence-corrected chi connectivity index (χ0v) is 9.13. The molecule has 0 saturated carbocycles. The molecule has 0 spiro atoms. The topological polar surface area (TPSA) is 37.0 Å². The molecule has 2 heterocycles. The minimum Gasteiger partial charge on any atom is -0.282 e. The molecule has 0 fully saturated rings. The van der Waals surface area contributed by atoms with Crippen LogP contribution in [0.2, 0.25) is 0 Å². The Labute approximate surface area is 98.0 Å². The highest BCUT2D eigenvalue weighted by molar-refractivity contribution is 5.59. The third kappa shape index (κ3) is 1.72. The summed E-state index contributed by atoms with van der Waals surface area (Å²) in [6.45, 7) is 0. The number of nitrogens with one attached hydrogen (secondary N) is 1. The van der Waals surface area contributed by atoms with E-state index >= 15 is 0 Å². The largest absolute Gasteiger partial charge is 0.282 e. The quantitative estimate of drug-likeness (QED) is 0.627. The highest BCUT2D eigenvalue weighted by Crippen LogP contribution is 2.12. The number of H-pyrrole nitrogens is 1. The lowest BCUT2D eigenvalue weighted by molar-refractivity contribution is -0.580. The Morgan fingerprint density at radius 3 is 2.53 bits per heavy atom. The molecule has 3 aromatic rings. The number of benzene rings is 1. The number of pyridine rings is 1. The molecule has 0 atom stereocenters. The van der Waals surface area contributed by atoms with E-state index in [-0.39, 0.29) is 5.43 Å². The van der Waals surface area contributed by atoms with Crippen LogP contribution in [-0.2, 0) is 0 Å². The number of fused-ring (bicyclic) bond motifs is 1. The van der Waals surface area contributed by atoms with Crippen molar-refractivity contribution in [3.63, 3.8) is 0 Å². The molecule has 0 aliphatic rings. The van der Waals surface area contributed by atoms with Crippen LogP contribution in [0.1, 0.15) is 0 Å². The number of hydrogen-bond acceptors (Lipinski definition) is 1. The average Bonchev–Trinajstić information content (AvgIpc) is 2.40. The molecule has 1 aromatic carbocycles. The molecule has 0 aliphatic carbocycles. The molecule has 3 heteroatoms. The maximum atomic E-state index is 11.9. The smallest absolute Gasteiger partial charge is 0.282 e. The molecule has 0 radical (unpaired) electrons. The lowest BCUT2D eigenvalue weighted by Crippen LogP contribution is -2.32. The first-order valence-electron chi connectivity index (χ1n) is 5.44. The molecule has 0 aliphatic heterocycles. The van der Waals surface area contributed by atoms with Gasteiger partial charge in [0.1, 0.15) is 5.69 Å². The van der Waals surface area contributed by atoms with Crippen molar-refractivity contribution in [3.8, 4) is 11.3 Å². The number of rotatable bonds is 1. The van der Waals surface area contributed by atoms with Gasteiger partial charge in [0.05, 0.1) is 0 Å². The van der Waals surface area contributed by atoms with Gasteiger partial charge in [-0.05, 0) is 6.07 Å². The Morgan fingerprint density at radius 1 is 0.941 bits per heavy atom.